The third-order valence-electron chi connectivity index (χ3n) is 5.16. The highest BCUT2D eigenvalue weighted by atomic mass is 35.5. The first-order valence-corrected chi connectivity index (χ1v) is 10.7. The molecule has 0 atom stereocenters. The standard InChI is InChI=1S/C26H22ClFN2O/c1-2-3-6-18-9-13-20(14-10-18)25-29-23(17-19-11-15-21(28)16-12-19)26(31)30(25)24-8-5-4-7-22(24)27/h4-5,7-17H,2-3,6H2,1H3/b23-17-. The molecule has 3 aromatic carbocycles. The first kappa shape index (κ1) is 21.0. The van der Waals surface area contributed by atoms with Crippen molar-refractivity contribution in [1.29, 1.82) is 0 Å². The van der Waals surface area contributed by atoms with Crippen molar-refractivity contribution in [3.8, 4) is 0 Å². The Morgan fingerprint density at radius 1 is 1.00 bits per heavy atom. The number of carbonyl (C=O) groups is 1. The number of aryl methyl sites for hydroxylation is 1. The van der Waals surface area contributed by atoms with Crippen LogP contribution < -0.4 is 4.90 Å². The summed E-state index contributed by atoms with van der Waals surface area (Å²) >= 11 is 6.42. The Kier molecular flexibility index (Phi) is 6.28. The van der Waals surface area contributed by atoms with Gasteiger partial charge in [0.25, 0.3) is 5.91 Å². The molecular formula is C26H22ClFN2O. The van der Waals surface area contributed by atoms with E-state index in [1.165, 1.54) is 17.7 Å². The van der Waals surface area contributed by atoms with Crippen LogP contribution >= 0.6 is 11.6 Å². The highest BCUT2D eigenvalue weighted by molar-refractivity contribution is 6.39. The second-order valence-corrected chi connectivity index (χ2v) is 7.82. The minimum absolute atomic E-state index is 0.275. The van der Waals surface area contributed by atoms with E-state index in [1.54, 1.807) is 35.2 Å². The number of nitrogens with zero attached hydrogens (tertiary/aromatic N) is 2. The van der Waals surface area contributed by atoms with Crippen LogP contribution in [0.5, 0.6) is 0 Å². The molecule has 1 aliphatic rings. The van der Waals surface area contributed by atoms with E-state index in [2.05, 4.69) is 24.0 Å². The lowest BCUT2D eigenvalue weighted by Crippen LogP contribution is -2.32. The first-order chi connectivity index (χ1) is 15.1. The van der Waals surface area contributed by atoms with E-state index in [4.69, 9.17) is 11.6 Å². The topological polar surface area (TPSA) is 32.7 Å². The predicted octanol–water partition coefficient (Wildman–Crippen LogP) is 6.66. The van der Waals surface area contributed by atoms with Gasteiger partial charge in [0.2, 0.25) is 0 Å². The molecule has 1 amide bonds. The Hall–Kier alpha value is -3.24. The Morgan fingerprint density at radius 3 is 2.39 bits per heavy atom. The smallest absolute Gasteiger partial charge is 0.266 e. The van der Waals surface area contributed by atoms with E-state index in [9.17, 15) is 9.18 Å². The van der Waals surface area contributed by atoms with Crippen LogP contribution in [0.1, 0.15) is 36.5 Å². The molecule has 0 bridgehead atoms. The molecule has 31 heavy (non-hydrogen) atoms. The molecular weight excluding hydrogens is 411 g/mol. The summed E-state index contributed by atoms with van der Waals surface area (Å²) in [4.78, 5) is 19.5. The molecule has 0 aliphatic carbocycles. The van der Waals surface area contributed by atoms with Gasteiger partial charge >= 0.3 is 0 Å². The van der Waals surface area contributed by atoms with Gasteiger partial charge in [0.1, 0.15) is 17.3 Å². The van der Waals surface area contributed by atoms with Gasteiger partial charge in [-0.2, -0.15) is 0 Å². The number of anilines is 1. The van der Waals surface area contributed by atoms with Crippen molar-refractivity contribution in [3.63, 3.8) is 0 Å². The maximum atomic E-state index is 13.3. The molecule has 1 heterocycles. The molecule has 0 unspecified atom stereocenters. The highest BCUT2D eigenvalue weighted by Crippen LogP contribution is 2.32. The summed E-state index contributed by atoms with van der Waals surface area (Å²) in [7, 11) is 0. The summed E-state index contributed by atoms with van der Waals surface area (Å²) < 4.78 is 13.3. The second kappa shape index (κ2) is 9.27. The largest absolute Gasteiger partial charge is 0.282 e. The molecule has 156 valence electrons. The summed E-state index contributed by atoms with van der Waals surface area (Å²) in [5.41, 5.74) is 3.63. The number of amides is 1. The van der Waals surface area contributed by atoms with E-state index < -0.39 is 0 Å². The molecule has 3 nitrogen and oxygen atoms in total. The monoisotopic (exact) mass is 432 g/mol. The van der Waals surface area contributed by atoms with Gasteiger partial charge in [-0.15, -0.1) is 0 Å². The van der Waals surface area contributed by atoms with Gasteiger partial charge in [0.05, 0.1) is 10.7 Å². The van der Waals surface area contributed by atoms with Crippen molar-refractivity contribution in [2.75, 3.05) is 4.90 Å². The van der Waals surface area contributed by atoms with Crippen LogP contribution in [-0.2, 0) is 11.2 Å². The number of rotatable bonds is 6. The lowest BCUT2D eigenvalue weighted by molar-refractivity contribution is -0.113. The predicted molar refractivity (Wildman–Crippen MR) is 125 cm³/mol. The lowest BCUT2D eigenvalue weighted by Gasteiger charge is -2.20. The van der Waals surface area contributed by atoms with E-state index in [0.29, 0.717) is 22.1 Å². The Balaban J connectivity index is 1.76. The summed E-state index contributed by atoms with van der Waals surface area (Å²) in [5, 5.41) is 0.464. The zero-order valence-electron chi connectivity index (χ0n) is 17.2. The average molecular weight is 433 g/mol. The molecule has 0 fully saturated rings. The Bertz CT molecular complexity index is 1150. The Morgan fingerprint density at radius 2 is 1.71 bits per heavy atom. The average Bonchev–Trinajstić information content (AvgIpc) is 3.10. The maximum absolute atomic E-state index is 13.3. The van der Waals surface area contributed by atoms with Crippen molar-refractivity contribution >= 4 is 35.1 Å². The molecule has 1 aliphatic heterocycles. The number of amidine groups is 1. The van der Waals surface area contributed by atoms with Crippen molar-refractivity contribution < 1.29 is 9.18 Å². The highest BCUT2D eigenvalue weighted by Gasteiger charge is 2.33. The van der Waals surface area contributed by atoms with Crippen molar-refractivity contribution in [2.45, 2.75) is 26.2 Å². The fraction of sp³-hybridized carbons (Fsp3) is 0.154. The van der Waals surface area contributed by atoms with Gasteiger partial charge in [-0.25, -0.2) is 9.38 Å². The fourth-order valence-electron chi connectivity index (χ4n) is 3.49. The third-order valence-corrected chi connectivity index (χ3v) is 5.48. The molecule has 5 heteroatoms. The molecule has 0 saturated carbocycles. The van der Waals surface area contributed by atoms with Gasteiger partial charge in [-0.05, 0) is 54.3 Å². The van der Waals surface area contributed by atoms with Gasteiger partial charge in [0.15, 0.2) is 0 Å². The number of hydrogen-bond donors (Lipinski definition) is 0. The molecule has 3 aromatic rings. The maximum Gasteiger partial charge on any atom is 0.282 e. The minimum Gasteiger partial charge on any atom is -0.266 e. The first-order valence-electron chi connectivity index (χ1n) is 10.3. The van der Waals surface area contributed by atoms with Crippen molar-refractivity contribution in [3.05, 3.63) is 106 Å². The number of carbonyl (C=O) groups excluding carboxylic acids is 1. The minimum atomic E-state index is -0.329. The molecule has 0 spiro atoms. The van der Waals surface area contributed by atoms with E-state index >= 15 is 0 Å². The zero-order chi connectivity index (χ0) is 21.8. The van der Waals surface area contributed by atoms with Crippen LogP contribution in [0.2, 0.25) is 5.02 Å². The number of hydrogen-bond acceptors (Lipinski definition) is 2. The van der Waals surface area contributed by atoms with Crippen LogP contribution in [-0.4, -0.2) is 11.7 Å². The zero-order valence-corrected chi connectivity index (χ0v) is 17.9. The van der Waals surface area contributed by atoms with Gasteiger partial charge < -0.3 is 0 Å². The summed E-state index contributed by atoms with van der Waals surface area (Å²) in [5.74, 6) is -0.0825. The van der Waals surface area contributed by atoms with Gasteiger partial charge in [-0.3, -0.25) is 9.69 Å². The molecule has 0 N–H and O–H groups in total. The molecule has 0 saturated heterocycles. The fourth-order valence-corrected chi connectivity index (χ4v) is 3.71. The molecule has 0 radical (unpaired) electrons. The third kappa shape index (κ3) is 4.59. The van der Waals surface area contributed by atoms with Crippen LogP contribution in [0.3, 0.4) is 0 Å². The SMILES string of the molecule is CCCCc1ccc(C2=N/C(=C\c3ccc(F)cc3)C(=O)N2c2ccccc2Cl)cc1. The summed E-state index contributed by atoms with van der Waals surface area (Å²) in [6.07, 6.45) is 4.95. The normalized spacial score (nSPS) is 14.9. The van der Waals surface area contributed by atoms with Crippen LogP contribution in [0, 0.1) is 5.82 Å². The molecule has 0 aromatic heterocycles. The van der Waals surface area contributed by atoms with E-state index in [0.717, 1.165) is 24.8 Å². The van der Waals surface area contributed by atoms with Crippen molar-refractivity contribution in [2.24, 2.45) is 4.99 Å². The van der Waals surface area contributed by atoms with E-state index in [1.807, 2.05) is 24.3 Å². The number of halogens is 2. The number of aliphatic imine (C=N–C) groups is 1. The van der Waals surface area contributed by atoms with Gasteiger partial charge in [-0.1, -0.05) is 73.5 Å². The van der Waals surface area contributed by atoms with Crippen LogP contribution in [0.15, 0.2) is 83.5 Å². The summed E-state index contributed by atoms with van der Waals surface area (Å²) in [6.45, 7) is 2.17. The quantitative estimate of drug-likeness (QED) is 0.401. The number of benzene rings is 3. The van der Waals surface area contributed by atoms with E-state index in [-0.39, 0.29) is 17.4 Å². The van der Waals surface area contributed by atoms with Gasteiger partial charge in [0, 0.05) is 5.56 Å². The van der Waals surface area contributed by atoms with Crippen LogP contribution in [0.25, 0.3) is 6.08 Å². The number of para-hydroxylation sites is 1. The lowest BCUT2D eigenvalue weighted by atomic mass is 10.1. The number of unbranched alkanes of at least 4 members (excludes halogenated alkanes) is 1. The second-order valence-electron chi connectivity index (χ2n) is 7.41. The van der Waals surface area contributed by atoms with Crippen molar-refractivity contribution in [1.82, 2.24) is 0 Å². The van der Waals surface area contributed by atoms with Crippen LogP contribution in [0.4, 0.5) is 10.1 Å². The summed E-state index contributed by atoms with van der Waals surface area (Å²) in [6, 6.07) is 21.3. The Labute approximate surface area is 186 Å². The molecule has 4 rings (SSSR count).